The summed E-state index contributed by atoms with van der Waals surface area (Å²) < 4.78 is 0.998. The van der Waals surface area contributed by atoms with Crippen LogP contribution < -0.4 is 5.32 Å². The molecule has 0 radical (unpaired) electrons. The van der Waals surface area contributed by atoms with E-state index in [4.69, 9.17) is 0 Å². The lowest BCUT2D eigenvalue weighted by molar-refractivity contribution is 0.0748. The maximum Gasteiger partial charge on any atom is 0.127 e. The molecule has 0 bridgehead atoms. The molecule has 0 saturated heterocycles. The van der Waals surface area contributed by atoms with Crippen LogP contribution in [0.1, 0.15) is 20.3 Å². The Kier molecular flexibility index (Phi) is 3.89. The van der Waals surface area contributed by atoms with Crippen molar-refractivity contribution in [3.8, 4) is 0 Å². The average molecular weight is 259 g/mol. The summed E-state index contributed by atoms with van der Waals surface area (Å²) in [7, 11) is 0. The van der Waals surface area contributed by atoms with Crippen molar-refractivity contribution < 1.29 is 5.11 Å². The van der Waals surface area contributed by atoms with E-state index in [9.17, 15) is 5.11 Å². The molecule has 0 fully saturated rings. The van der Waals surface area contributed by atoms with Crippen LogP contribution in [-0.2, 0) is 0 Å². The summed E-state index contributed by atoms with van der Waals surface area (Å²) in [4.78, 5) is 4.14. The minimum Gasteiger partial charge on any atom is -0.390 e. The highest BCUT2D eigenvalue weighted by molar-refractivity contribution is 9.10. The average Bonchev–Trinajstić information content (AvgIpc) is 2.01. The van der Waals surface area contributed by atoms with Crippen LogP contribution in [0.5, 0.6) is 0 Å². The zero-order valence-electron chi connectivity index (χ0n) is 8.42. The Balaban J connectivity index is 2.39. The van der Waals surface area contributed by atoms with Crippen LogP contribution in [0.3, 0.4) is 0 Å². The first-order chi connectivity index (χ1) is 6.47. The minimum atomic E-state index is -0.626. The summed E-state index contributed by atoms with van der Waals surface area (Å²) in [5, 5.41) is 12.6. The molecule has 3 nitrogen and oxygen atoms in total. The van der Waals surface area contributed by atoms with Crippen molar-refractivity contribution in [1.29, 1.82) is 0 Å². The normalized spacial score (nSPS) is 11.4. The maximum absolute atomic E-state index is 9.48. The first-order valence-corrected chi connectivity index (χ1v) is 5.34. The predicted octanol–water partition coefficient (Wildman–Crippen LogP) is 2.42. The third-order valence-corrected chi connectivity index (χ3v) is 2.26. The first kappa shape index (κ1) is 11.5. The van der Waals surface area contributed by atoms with Crippen molar-refractivity contribution in [3.63, 3.8) is 0 Å². The van der Waals surface area contributed by atoms with Crippen LogP contribution in [0.4, 0.5) is 5.82 Å². The van der Waals surface area contributed by atoms with Gasteiger partial charge in [-0.1, -0.05) is 15.9 Å². The van der Waals surface area contributed by atoms with Crippen LogP contribution in [0, 0.1) is 0 Å². The van der Waals surface area contributed by atoms with E-state index in [1.54, 1.807) is 20.0 Å². The van der Waals surface area contributed by atoms with Crippen molar-refractivity contribution in [1.82, 2.24) is 4.98 Å². The van der Waals surface area contributed by atoms with Crippen LogP contribution in [-0.4, -0.2) is 22.2 Å². The molecule has 1 rings (SSSR count). The van der Waals surface area contributed by atoms with Crippen molar-refractivity contribution in [3.05, 3.63) is 22.8 Å². The van der Waals surface area contributed by atoms with Gasteiger partial charge in [0.05, 0.1) is 5.60 Å². The highest BCUT2D eigenvalue weighted by Crippen LogP contribution is 2.13. The molecule has 0 unspecified atom stereocenters. The van der Waals surface area contributed by atoms with E-state index in [2.05, 4.69) is 26.2 Å². The Morgan fingerprint density at radius 2 is 2.29 bits per heavy atom. The van der Waals surface area contributed by atoms with Gasteiger partial charge in [-0.25, -0.2) is 4.98 Å². The standard InChI is InChI=1S/C10H15BrN2O/c1-10(2,14)4-6-13-9-7-8(11)3-5-12-9/h3,5,7,14H,4,6H2,1-2H3,(H,12,13). The fraction of sp³-hybridized carbons (Fsp3) is 0.500. The molecule has 1 heterocycles. The van der Waals surface area contributed by atoms with Crippen molar-refractivity contribution in [2.24, 2.45) is 0 Å². The van der Waals surface area contributed by atoms with Gasteiger partial charge in [-0.3, -0.25) is 0 Å². The number of halogens is 1. The second-order valence-corrected chi connectivity index (χ2v) is 4.76. The second-order valence-electron chi connectivity index (χ2n) is 3.85. The molecule has 0 aliphatic carbocycles. The molecule has 0 aliphatic heterocycles. The smallest absolute Gasteiger partial charge is 0.127 e. The van der Waals surface area contributed by atoms with Crippen LogP contribution in [0.15, 0.2) is 22.8 Å². The highest BCUT2D eigenvalue weighted by atomic mass is 79.9. The molecule has 2 N–H and O–H groups in total. The van der Waals surface area contributed by atoms with Gasteiger partial charge < -0.3 is 10.4 Å². The molecule has 0 atom stereocenters. The number of nitrogens with one attached hydrogen (secondary N) is 1. The molecule has 0 spiro atoms. The highest BCUT2D eigenvalue weighted by Gasteiger charge is 2.11. The van der Waals surface area contributed by atoms with Gasteiger partial charge in [-0.05, 0) is 32.4 Å². The number of aromatic nitrogens is 1. The summed E-state index contributed by atoms with van der Waals surface area (Å²) in [5.41, 5.74) is -0.626. The third-order valence-electron chi connectivity index (χ3n) is 1.76. The number of hydrogen-bond donors (Lipinski definition) is 2. The van der Waals surface area contributed by atoms with Crippen molar-refractivity contribution >= 4 is 21.7 Å². The van der Waals surface area contributed by atoms with E-state index in [1.165, 1.54) is 0 Å². The lowest BCUT2D eigenvalue weighted by Gasteiger charge is -2.17. The molecule has 1 aromatic heterocycles. The monoisotopic (exact) mass is 258 g/mol. The third kappa shape index (κ3) is 4.58. The molecule has 0 amide bonds. The summed E-state index contributed by atoms with van der Waals surface area (Å²) in [5.74, 6) is 0.823. The van der Waals surface area contributed by atoms with Gasteiger partial charge in [-0.2, -0.15) is 0 Å². The van der Waals surface area contributed by atoms with E-state index >= 15 is 0 Å². The fourth-order valence-electron chi connectivity index (χ4n) is 0.998. The second kappa shape index (κ2) is 4.75. The quantitative estimate of drug-likeness (QED) is 0.872. The Morgan fingerprint density at radius 3 is 2.86 bits per heavy atom. The Morgan fingerprint density at radius 1 is 1.57 bits per heavy atom. The van der Waals surface area contributed by atoms with Crippen LogP contribution >= 0.6 is 15.9 Å². The largest absolute Gasteiger partial charge is 0.390 e. The van der Waals surface area contributed by atoms with Gasteiger partial charge in [0, 0.05) is 17.2 Å². The molecule has 4 heteroatoms. The molecule has 0 saturated carbocycles. The molecule has 14 heavy (non-hydrogen) atoms. The van der Waals surface area contributed by atoms with Gasteiger partial charge in [-0.15, -0.1) is 0 Å². The molecule has 1 aromatic rings. The Labute approximate surface area is 92.7 Å². The molecule has 0 aromatic carbocycles. The molecule has 78 valence electrons. The molecular weight excluding hydrogens is 244 g/mol. The molecule has 0 aliphatic rings. The van der Waals surface area contributed by atoms with Gasteiger partial charge in [0.15, 0.2) is 0 Å². The fourth-order valence-corrected chi connectivity index (χ4v) is 1.33. The number of aliphatic hydroxyl groups is 1. The van der Waals surface area contributed by atoms with Crippen molar-refractivity contribution in [2.45, 2.75) is 25.9 Å². The van der Waals surface area contributed by atoms with Crippen molar-refractivity contribution in [2.75, 3.05) is 11.9 Å². The SMILES string of the molecule is CC(C)(O)CCNc1cc(Br)ccn1. The van der Waals surface area contributed by atoms with Gasteiger partial charge in [0.2, 0.25) is 0 Å². The minimum absolute atomic E-state index is 0.626. The van der Waals surface area contributed by atoms with E-state index in [0.717, 1.165) is 10.3 Å². The van der Waals surface area contributed by atoms with Crippen LogP contribution in [0.2, 0.25) is 0 Å². The van der Waals surface area contributed by atoms with Gasteiger partial charge >= 0.3 is 0 Å². The first-order valence-electron chi connectivity index (χ1n) is 4.55. The maximum atomic E-state index is 9.48. The zero-order valence-corrected chi connectivity index (χ0v) is 10.0. The summed E-state index contributed by atoms with van der Waals surface area (Å²) in [6.45, 7) is 4.30. The predicted molar refractivity (Wildman–Crippen MR) is 61.3 cm³/mol. The summed E-state index contributed by atoms with van der Waals surface area (Å²) in [6, 6.07) is 3.78. The number of nitrogens with zero attached hydrogens (tertiary/aromatic N) is 1. The zero-order chi connectivity index (χ0) is 10.6. The van der Waals surface area contributed by atoms with Gasteiger partial charge in [0.1, 0.15) is 5.82 Å². The Hall–Kier alpha value is -0.610. The van der Waals surface area contributed by atoms with E-state index in [-0.39, 0.29) is 0 Å². The lowest BCUT2D eigenvalue weighted by atomic mass is 10.1. The van der Waals surface area contributed by atoms with E-state index < -0.39 is 5.60 Å². The topological polar surface area (TPSA) is 45.1 Å². The lowest BCUT2D eigenvalue weighted by Crippen LogP contribution is -2.22. The van der Waals surface area contributed by atoms with Crippen LogP contribution in [0.25, 0.3) is 0 Å². The number of pyridine rings is 1. The number of anilines is 1. The molecular formula is C10H15BrN2O. The van der Waals surface area contributed by atoms with E-state index in [1.807, 2.05) is 12.1 Å². The summed E-state index contributed by atoms with van der Waals surface area (Å²) >= 11 is 3.36. The number of rotatable bonds is 4. The van der Waals surface area contributed by atoms with E-state index in [0.29, 0.717) is 13.0 Å². The summed E-state index contributed by atoms with van der Waals surface area (Å²) in [6.07, 6.45) is 2.43. The van der Waals surface area contributed by atoms with Gasteiger partial charge in [0.25, 0.3) is 0 Å². The number of hydrogen-bond acceptors (Lipinski definition) is 3. The Bertz CT molecular complexity index is 296.